The summed E-state index contributed by atoms with van der Waals surface area (Å²) in [5, 5.41) is 9.22. The van der Waals surface area contributed by atoms with Gasteiger partial charge in [-0.25, -0.2) is 0 Å². The van der Waals surface area contributed by atoms with Crippen LogP contribution in [0.5, 0.6) is 17.2 Å². The third-order valence-electron chi connectivity index (χ3n) is 5.77. The highest BCUT2D eigenvalue weighted by Crippen LogP contribution is 2.21. The van der Waals surface area contributed by atoms with Crippen molar-refractivity contribution in [3.05, 3.63) is 121 Å². The lowest BCUT2D eigenvalue weighted by molar-refractivity contribution is 0.413. The third kappa shape index (κ3) is 2.82. The monoisotopic (exact) mass is 394 g/mol. The van der Waals surface area contributed by atoms with E-state index in [1.165, 1.54) is 10.4 Å². The Morgan fingerprint density at radius 1 is 0.367 bits per heavy atom. The van der Waals surface area contributed by atoms with Crippen LogP contribution in [0.15, 0.2) is 78.9 Å². The maximum Gasteiger partial charge on any atom is 0.119 e. The van der Waals surface area contributed by atoms with Gasteiger partial charge in [0.15, 0.2) is 0 Å². The molecule has 148 valence electrons. The Morgan fingerprint density at radius 3 is 1.03 bits per heavy atom. The van der Waals surface area contributed by atoms with Crippen LogP contribution in [0, 0.1) is 41.7 Å². The molecule has 0 spiro atoms. The normalized spacial score (nSPS) is 16.0. The number of hydrogen-bond donors (Lipinski definition) is 0. The molecular formula is C27H22O3. The molecule has 5 rings (SSSR count). The van der Waals surface area contributed by atoms with Crippen molar-refractivity contribution >= 4 is 0 Å². The largest absolute Gasteiger partial charge is 0.497 e. The van der Waals surface area contributed by atoms with Crippen LogP contribution in [0.1, 0.15) is 0 Å². The molecule has 3 heteroatoms. The van der Waals surface area contributed by atoms with Crippen LogP contribution in [-0.2, 0) is 0 Å². The number of methoxy groups -OCH3 is 3. The van der Waals surface area contributed by atoms with E-state index in [9.17, 15) is 0 Å². The van der Waals surface area contributed by atoms with Crippen molar-refractivity contribution in [3.63, 3.8) is 0 Å². The Bertz CT molecular complexity index is 1650. The second-order valence-corrected chi connectivity index (χ2v) is 7.28. The summed E-state index contributed by atoms with van der Waals surface area (Å²) >= 11 is 0. The lowest BCUT2D eigenvalue weighted by Crippen LogP contribution is -1.93. The van der Waals surface area contributed by atoms with Gasteiger partial charge in [-0.3, -0.25) is 0 Å². The number of benzene rings is 4. The van der Waals surface area contributed by atoms with Crippen LogP contribution in [0.25, 0.3) is 0 Å². The van der Waals surface area contributed by atoms with Crippen LogP contribution in [0.3, 0.4) is 0 Å². The number of rotatable bonds is 3. The Kier molecular flexibility index (Phi) is 4.44. The van der Waals surface area contributed by atoms with Crippen molar-refractivity contribution in [3.8, 4) is 17.2 Å². The third-order valence-corrected chi connectivity index (χ3v) is 5.77. The van der Waals surface area contributed by atoms with Crippen LogP contribution in [0.2, 0.25) is 0 Å². The van der Waals surface area contributed by atoms with Crippen molar-refractivity contribution in [2.24, 2.45) is 0 Å². The topological polar surface area (TPSA) is 27.7 Å². The van der Waals surface area contributed by atoms with Gasteiger partial charge in [0.25, 0.3) is 0 Å². The fraction of sp³-hybridized carbons (Fsp3) is 0.111. The number of fused-ring (bicyclic) bond motifs is 4. The van der Waals surface area contributed by atoms with E-state index in [0.717, 1.165) is 48.6 Å². The highest BCUT2D eigenvalue weighted by Gasteiger charge is 2.04. The van der Waals surface area contributed by atoms with Gasteiger partial charge in [0, 0.05) is 0 Å². The van der Waals surface area contributed by atoms with Crippen LogP contribution in [-0.4, -0.2) is 21.3 Å². The summed E-state index contributed by atoms with van der Waals surface area (Å²) in [6, 6.07) is 27.3. The summed E-state index contributed by atoms with van der Waals surface area (Å²) in [6.45, 7) is 0. The van der Waals surface area contributed by atoms with E-state index in [2.05, 4.69) is 60.7 Å². The van der Waals surface area contributed by atoms with E-state index in [4.69, 9.17) is 14.2 Å². The summed E-state index contributed by atoms with van der Waals surface area (Å²) in [5.41, 5.74) is 0. The minimum Gasteiger partial charge on any atom is -0.497 e. The molecule has 0 bridgehead atoms. The second-order valence-electron chi connectivity index (χ2n) is 7.28. The first kappa shape index (κ1) is 18.3. The molecule has 0 aromatic heterocycles. The molecule has 0 saturated carbocycles. The summed E-state index contributed by atoms with van der Waals surface area (Å²) in [4.78, 5) is 0. The lowest BCUT2D eigenvalue weighted by atomic mass is 10.0. The van der Waals surface area contributed by atoms with Gasteiger partial charge in [0.1, 0.15) is 17.2 Å². The molecule has 3 nitrogen and oxygen atoms in total. The first-order valence-corrected chi connectivity index (χ1v) is 9.88. The number of hydrogen-bond acceptors (Lipinski definition) is 3. The van der Waals surface area contributed by atoms with E-state index in [1.807, 2.05) is 18.2 Å². The fourth-order valence-corrected chi connectivity index (χ4v) is 4.28. The lowest BCUT2D eigenvalue weighted by Gasteiger charge is -2.07. The minimum absolute atomic E-state index is 0.825. The number of ether oxygens (including phenoxy) is 3. The molecule has 0 radical (unpaired) electrons. The average molecular weight is 394 g/mol. The van der Waals surface area contributed by atoms with Crippen molar-refractivity contribution in [1.82, 2.24) is 0 Å². The predicted molar refractivity (Wildman–Crippen MR) is 116 cm³/mol. The summed E-state index contributed by atoms with van der Waals surface area (Å²) in [6.07, 6.45) is 0. The van der Waals surface area contributed by atoms with Gasteiger partial charge < -0.3 is 14.2 Å². The molecule has 1 aliphatic rings. The SMILES string of the molecule is COc1ccc2/c(c1)=c1/cccc/c1=c1\ccc(OC)c\c1=c1/cc(OC)cc/c1=2. The molecule has 30 heavy (non-hydrogen) atoms. The van der Waals surface area contributed by atoms with Gasteiger partial charge in [-0.1, -0.05) is 42.5 Å². The van der Waals surface area contributed by atoms with Crippen LogP contribution in [0.4, 0.5) is 0 Å². The van der Waals surface area contributed by atoms with Gasteiger partial charge in [0.2, 0.25) is 0 Å². The molecule has 0 N–H and O–H groups in total. The van der Waals surface area contributed by atoms with E-state index in [-0.39, 0.29) is 0 Å². The Labute approximate surface area is 173 Å². The van der Waals surface area contributed by atoms with Gasteiger partial charge >= 0.3 is 0 Å². The molecule has 4 aromatic rings. The summed E-state index contributed by atoms with van der Waals surface area (Å²) in [7, 11) is 5.11. The van der Waals surface area contributed by atoms with Gasteiger partial charge in [-0.2, -0.15) is 0 Å². The first-order valence-electron chi connectivity index (χ1n) is 9.88. The zero-order valence-electron chi connectivity index (χ0n) is 17.2. The van der Waals surface area contributed by atoms with Crippen molar-refractivity contribution in [2.75, 3.05) is 21.3 Å². The van der Waals surface area contributed by atoms with Crippen molar-refractivity contribution in [1.29, 1.82) is 0 Å². The average Bonchev–Trinajstić information content (AvgIpc) is 2.82. The fourth-order valence-electron chi connectivity index (χ4n) is 4.28. The van der Waals surface area contributed by atoms with E-state index >= 15 is 0 Å². The summed E-state index contributed by atoms with van der Waals surface area (Å²) in [5.74, 6) is 2.50. The van der Waals surface area contributed by atoms with Crippen molar-refractivity contribution < 1.29 is 14.2 Å². The van der Waals surface area contributed by atoms with Crippen LogP contribution >= 0.6 is 0 Å². The molecule has 0 saturated heterocycles. The zero-order chi connectivity index (χ0) is 20.7. The van der Waals surface area contributed by atoms with Gasteiger partial charge in [0.05, 0.1) is 21.3 Å². The second kappa shape index (κ2) is 7.27. The smallest absolute Gasteiger partial charge is 0.119 e. The highest BCUT2D eigenvalue weighted by atomic mass is 16.5. The van der Waals surface area contributed by atoms with Gasteiger partial charge in [-0.15, -0.1) is 0 Å². The van der Waals surface area contributed by atoms with E-state index < -0.39 is 0 Å². The molecule has 0 amide bonds. The molecular weight excluding hydrogens is 372 g/mol. The van der Waals surface area contributed by atoms with Gasteiger partial charge in [-0.05, 0) is 78.1 Å². The maximum absolute atomic E-state index is 5.57. The molecule has 0 unspecified atom stereocenters. The quantitative estimate of drug-likeness (QED) is 0.422. The van der Waals surface area contributed by atoms with E-state index in [1.54, 1.807) is 21.3 Å². The van der Waals surface area contributed by atoms with Crippen LogP contribution < -0.4 is 14.2 Å². The van der Waals surface area contributed by atoms with E-state index in [0.29, 0.717) is 0 Å². The molecule has 0 heterocycles. The Morgan fingerprint density at radius 2 is 0.667 bits per heavy atom. The first-order chi connectivity index (χ1) is 14.7. The Hall–Kier alpha value is -3.72. The zero-order valence-corrected chi connectivity index (χ0v) is 17.2. The highest BCUT2D eigenvalue weighted by molar-refractivity contribution is 5.37. The molecule has 0 aliphatic heterocycles. The summed E-state index contributed by atoms with van der Waals surface area (Å²) < 4.78 is 16.7. The maximum atomic E-state index is 5.57. The molecule has 0 atom stereocenters. The van der Waals surface area contributed by atoms with Crippen molar-refractivity contribution in [2.45, 2.75) is 0 Å². The molecule has 0 fully saturated rings. The molecule has 1 aliphatic carbocycles. The standard InChI is InChI=1S/C27H22O3/c1-28-17-9-12-23-24-13-10-19(30-3)16-27(24)26-15-18(29-2)8-11-22(26)20-6-4-5-7-21(20)25(23)14-17/h4-16H,1-3H3/b22-20-,24-23-,25-21-,27-26-. The molecule has 4 aromatic carbocycles. The Balaban J connectivity index is 2.31. The minimum atomic E-state index is 0.825. The predicted octanol–water partition coefficient (Wildman–Crippen LogP) is 5.17.